The van der Waals surface area contributed by atoms with Gasteiger partial charge in [-0.05, 0) is 37.1 Å². The van der Waals surface area contributed by atoms with Crippen molar-refractivity contribution >= 4 is 21.6 Å². The number of nitrogens with zero attached hydrogens (tertiary/aromatic N) is 3. The number of hydrogen-bond acceptors (Lipinski definition) is 4. The van der Waals surface area contributed by atoms with Crippen LogP contribution >= 0.6 is 11.6 Å². The standard InChI is InChI=1S/C19H19ClN4O2S/c20-16-6-1-4-14(10-16)18-7-2-8-19(23-18)15-5-3-9-24(13-15)27(25,26)17-11-21-22-12-17/h1-2,4,6-8,10-12,15H,3,5,9,13H2,(H,21,22). The molecule has 0 amide bonds. The SMILES string of the molecule is O=S(=O)(c1cn[nH]c1)N1CCCC(c2cccc(-c3cccc(Cl)c3)n2)C1. The van der Waals surface area contributed by atoms with E-state index in [1.807, 2.05) is 42.5 Å². The van der Waals surface area contributed by atoms with E-state index in [0.29, 0.717) is 18.1 Å². The molecule has 1 aliphatic rings. The van der Waals surface area contributed by atoms with Crippen molar-refractivity contribution in [2.45, 2.75) is 23.7 Å². The molecular weight excluding hydrogens is 384 g/mol. The zero-order chi connectivity index (χ0) is 18.9. The third-order valence-electron chi connectivity index (χ3n) is 4.80. The molecule has 0 bridgehead atoms. The highest BCUT2D eigenvalue weighted by molar-refractivity contribution is 7.89. The number of hydrogen-bond donors (Lipinski definition) is 1. The Kier molecular flexibility index (Phi) is 4.99. The molecule has 27 heavy (non-hydrogen) atoms. The lowest BCUT2D eigenvalue weighted by atomic mass is 9.95. The summed E-state index contributed by atoms with van der Waals surface area (Å²) in [7, 11) is -3.53. The first-order chi connectivity index (χ1) is 13.0. The molecule has 1 aromatic carbocycles. The zero-order valence-electron chi connectivity index (χ0n) is 14.5. The number of rotatable bonds is 4. The summed E-state index contributed by atoms with van der Waals surface area (Å²) < 4.78 is 27.1. The second kappa shape index (κ2) is 7.42. The van der Waals surface area contributed by atoms with E-state index in [4.69, 9.17) is 16.6 Å². The van der Waals surface area contributed by atoms with E-state index in [9.17, 15) is 8.42 Å². The summed E-state index contributed by atoms with van der Waals surface area (Å²) in [5, 5.41) is 6.99. The second-order valence-corrected chi connectivity index (χ2v) is 8.97. The molecule has 1 unspecified atom stereocenters. The predicted octanol–water partition coefficient (Wildman–Crippen LogP) is 3.69. The molecule has 2 aromatic heterocycles. The van der Waals surface area contributed by atoms with Gasteiger partial charge in [-0.2, -0.15) is 9.40 Å². The van der Waals surface area contributed by atoms with Gasteiger partial charge >= 0.3 is 0 Å². The van der Waals surface area contributed by atoms with Crippen molar-refractivity contribution in [2.24, 2.45) is 0 Å². The Morgan fingerprint density at radius 2 is 2.04 bits per heavy atom. The summed E-state index contributed by atoms with van der Waals surface area (Å²) in [5.41, 5.74) is 2.69. The lowest BCUT2D eigenvalue weighted by Gasteiger charge is -2.31. The van der Waals surface area contributed by atoms with Gasteiger partial charge in [0.15, 0.2) is 0 Å². The molecule has 0 radical (unpaired) electrons. The van der Waals surface area contributed by atoms with Crippen LogP contribution in [0.1, 0.15) is 24.5 Å². The lowest BCUT2D eigenvalue weighted by Crippen LogP contribution is -2.39. The Balaban J connectivity index is 1.60. The van der Waals surface area contributed by atoms with Crippen molar-refractivity contribution in [2.75, 3.05) is 13.1 Å². The van der Waals surface area contributed by atoms with Gasteiger partial charge in [-0.25, -0.2) is 8.42 Å². The van der Waals surface area contributed by atoms with Crippen LogP contribution in [0.4, 0.5) is 0 Å². The van der Waals surface area contributed by atoms with Gasteiger partial charge in [-0.3, -0.25) is 10.1 Å². The number of aromatic amines is 1. The van der Waals surface area contributed by atoms with Gasteiger partial charge < -0.3 is 0 Å². The van der Waals surface area contributed by atoms with Crippen LogP contribution in [0.15, 0.2) is 59.8 Å². The maximum absolute atomic E-state index is 12.8. The quantitative estimate of drug-likeness (QED) is 0.721. The van der Waals surface area contributed by atoms with Crippen LogP contribution in [0.5, 0.6) is 0 Å². The van der Waals surface area contributed by atoms with Crippen LogP contribution in [-0.2, 0) is 10.0 Å². The molecule has 1 N–H and O–H groups in total. The molecule has 4 rings (SSSR count). The highest BCUT2D eigenvalue weighted by Gasteiger charge is 2.32. The van der Waals surface area contributed by atoms with Crippen molar-refractivity contribution in [1.29, 1.82) is 0 Å². The van der Waals surface area contributed by atoms with E-state index in [0.717, 1.165) is 29.8 Å². The summed E-state index contributed by atoms with van der Waals surface area (Å²) in [4.78, 5) is 4.99. The van der Waals surface area contributed by atoms with Crippen molar-refractivity contribution in [3.05, 3.63) is 65.6 Å². The molecule has 6 nitrogen and oxygen atoms in total. The number of pyridine rings is 1. The van der Waals surface area contributed by atoms with E-state index in [1.54, 1.807) is 0 Å². The van der Waals surface area contributed by atoms with E-state index in [1.165, 1.54) is 16.7 Å². The maximum Gasteiger partial charge on any atom is 0.246 e. The minimum atomic E-state index is -3.53. The largest absolute Gasteiger partial charge is 0.284 e. The summed E-state index contributed by atoms with van der Waals surface area (Å²) in [6.07, 6.45) is 4.46. The molecule has 1 fully saturated rings. The first-order valence-corrected chi connectivity index (χ1v) is 10.6. The normalized spacial score (nSPS) is 18.5. The Labute approximate surface area is 163 Å². The van der Waals surface area contributed by atoms with E-state index < -0.39 is 10.0 Å². The van der Waals surface area contributed by atoms with Crippen molar-refractivity contribution in [1.82, 2.24) is 19.5 Å². The van der Waals surface area contributed by atoms with Crippen molar-refractivity contribution < 1.29 is 8.42 Å². The van der Waals surface area contributed by atoms with Gasteiger partial charge in [-0.15, -0.1) is 0 Å². The fourth-order valence-corrected chi connectivity index (χ4v) is 5.04. The van der Waals surface area contributed by atoms with Crippen molar-refractivity contribution in [3.63, 3.8) is 0 Å². The minimum absolute atomic E-state index is 0.0551. The number of piperidine rings is 1. The number of nitrogens with one attached hydrogen (secondary N) is 1. The Morgan fingerprint density at radius 1 is 1.19 bits per heavy atom. The van der Waals surface area contributed by atoms with Crippen LogP contribution in [-0.4, -0.2) is 41.0 Å². The van der Waals surface area contributed by atoms with Crippen LogP contribution < -0.4 is 0 Å². The fourth-order valence-electron chi connectivity index (χ4n) is 3.42. The Hall–Kier alpha value is -2.22. The molecule has 1 saturated heterocycles. The van der Waals surface area contributed by atoms with Crippen LogP contribution in [0.2, 0.25) is 5.02 Å². The number of benzene rings is 1. The molecule has 0 saturated carbocycles. The Bertz CT molecular complexity index is 1040. The lowest BCUT2D eigenvalue weighted by molar-refractivity contribution is 0.313. The molecule has 3 heterocycles. The van der Waals surface area contributed by atoms with E-state index in [-0.39, 0.29) is 10.8 Å². The van der Waals surface area contributed by atoms with Crippen molar-refractivity contribution in [3.8, 4) is 11.3 Å². The average molecular weight is 403 g/mol. The zero-order valence-corrected chi connectivity index (χ0v) is 16.1. The number of aromatic nitrogens is 3. The smallest absolute Gasteiger partial charge is 0.246 e. The molecule has 3 aromatic rings. The molecule has 0 aliphatic carbocycles. The average Bonchev–Trinajstić information content (AvgIpc) is 3.24. The predicted molar refractivity (Wildman–Crippen MR) is 104 cm³/mol. The second-order valence-electron chi connectivity index (χ2n) is 6.59. The number of sulfonamides is 1. The molecule has 8 heteroatoms. The summed E-state index contributed by atoms with van der Waals surface area (Å²) in [5.74, 6) is 0.0551. The van der Waals surface area contributed by atoms with E-state index >= 15 is 0 Å². The van der Waals surface area contributed by atoms with Gasteiger partial charge in [0.1, 0.15) is 4.90 Å². The third kappa shape index (κ3) is 3.76. The van der Waals surface area contributed by atoms with Crippen LogP contribution in [0.25, 0.3) is 11.3 Å². The molecule has 1 atom stereocenters. The van der Waals surface area contributed by atoms with Gasteiger partial charge in [0.2, 0.25) is 10.0 Å². The van der Waals surface area contributed by atoms with Gasteiger partial charge in [0.25, 0.3) is 0 Å². The molecular formula is C19H19ClN4O2S. The highest BCUT2D eigenvalue weighted by atomic mass is 35.5. The Morgan fingerprint density at radius 3 is 2.81 bits per heavy atom. The highest BCUT2D eigenvalue weighted by Crippen LogP contribution is 2.30. The topological polar surface area (TPSA) is 79.0 Å². The molecule has 1 aliphatic heterocycles. The third-order valence-corrected chi connectivity index (χ3v) is 6.87. The fraction of sp³-hybridized carbons (Fsp3) is 0.263. The monoisotopic (exact) mass is 402 g/mol. The first-order valence-electron chi connectivity index (χ1n) is 8.76. The number of halogens is 1. The van der Waals surface area contributed by atoms with Gasteiger partial charge in [-0.1, -0.05) is 29.8 Å². The van der Waals surface area contributed by atoms with Crippen LogP contribution in [0.3, 0.4) is 0 Å². The number of H-pyrrole nitrogens is 1. The van der Waals surface area contributed by atoms with Gasteiger partial charge in [0, 0.05) is 41.5 Å². The molecule has 140 valence electrons. The summed E-state index contributed by atoms with van der Waals surface area (Å²) in [6, 6.07) is 13.4. The summed E-state index contributed by atoms with van der Waals surface area (Å²) >= 11 is 6.09. The summed E-state index contributed by atoms with van der Waals surface area (Å²) in [6.45, 7) is 0.928. The molecule has 0 spiro atoms. The van der Waals surface area contributed by atoms with Gasteiger partial charge in [0.05, 0.1) is 11.9 Å². The maximum atomic E-state index is 12.8. The minimum Gasteiger partial charge on any atom is -0.284 e. The van der Waals surface area contributed by atoms with Crippen LogP contribution in [0, 0.1) is 0 Å². The first kappa shape index (κ1) is 18.2. The van der Waals surface area contributed by atoms with E-state index in [2.05, 4.69) is 10.2 Å².